The van der Waals surface area contributed by atoms with Crippen molar-refractivity contribution in [2.24, 2.45) is 4.99 Å². The zero-order valence-corrected chi connectivity index (χ0v) is 49.4. The molecule has 7 aromatic rings. The summed E-state index contributed by atoms with van der Waals surface area (Å²) in [7, 11) is 1.59. The van der Waals surface area contributed by atoms with Crippen LogP contribution in [-0.2, 0) is 16.0 Å². The van der Waals surface area contributed by atoms with Crippen LogP contribution in [-0.4, -0.2) is 148 Å². The molecular weight excluding hydrogens is 1090 g/mol. The van der Waals surface area contributed by atoms with Gasteiger partial charge in [-0.3, -0.25) is 24.4 Å². The fourth-order valence-corrected chi connectivity index (χ4v) is 11.7. The summed E-state index contributed by atoms with van der Waals surface area (Å²) in [6.45, 7) is 10.9. The smallest absolute Gasteiger partial charge is 0.326 e. The lowest BCUT2D eigenvalue weighted by molar-refractivity contribution is -0.139. The highest BCUT2D eigenvalue weighted by atomic mass is 35.5. The summed E-state index contributed by atoms with van der Waals surface area (Å²) in [5, 5.41) is 18.7. The van der Waals surface area contributed by atoms with Crippen LogP contribution in [0, 0.1) is 6.92 Å². The highest BCUT2D eigenvalue weighted by molar-refractivity contribution is 6.30. The summed E-state index contributed by atoms with van der Waals surface area (Å²) in [6, 6.07) is 40.0. The number of hydrogen-bond acceptors (Lipinski definition) is 11. The molecule has 0 aliphatic carbocycles. The molecular formula is C65H74Cl2N10O6. The van der Waals surface area contributed by atoms with Gasteiger partial charge in [-0.25, -0.2) is 9.78 Å². The number of urea groups is 1. The number of fused-ring (bicyclic) bond motifs is 1. The van der Waals surface area contributed by atoms with Crippen LogP contribution in [0.1, 0.15) is 92.4 Å². The SMILES string of the molecule is COc1ccc(C2=N[C@H](c3ccc(Cl)cc3)[C@H](c3ccc(Cl)cc3)N2C(=O)N2CCN(CC(=O)NCCCCCCCCc3ccc(-c4c(C)nn5c(N6CCN(CCO)CC6)cc(-c6ccccc6)nc45)cc3)C(=O)C2)c(OC(C)C)c1. The van der Waals surface area contributed by atoms with Gasteiger partial charge in [-0.1, -0.05) is 128 Å². The molecule has 0 saturated carbocycles. The molecule has 434 valence electrons. The molecule has 16 nitrogen and oxygen atoms in total. The molecule has 2 atom stereocenters. The second-order valence-corrected chi connectivity index (χ2v) is 22.8. The maximum atomic E-state index is 15.1. The molecule has 4 amide bonds. The predicted octanol–water partition coefficient (Wildman–Crippen LogP) is 11.1. The number of β-amino-alcohol motifs (C(OH)–C–C–N with tert-alkyl or cyclic N) is 1. The standard InChI is InChI=1S/C65H74Cl2N10O6/c1-44(2)83-56-40-53(82-4)29-30-54(56)63-70-61(49-21-25-51(66)26-22-49)62(50-23-27-52(67)28-24-50)76(63)65(81)75-37-36-74(59(80)43-75)42-57(79)68-31-13-8-6-5-7-10-14-46-17-19-48(20-18-46)60-45(3)71-77-58(73-34-32-72(33-35-73)38-39-78)41-55(69-64(60)77)47-15-11-9-12-16-47/h9,11-12,15-30,40-41,44,61-62,78H,5-8,10,13-14,31-39,42-43H2,1-4H3,(H,68,79)/t61-,62+/m1/s1. The average molecular weight is 1160 g/mol. The number of piperazine rings is 2. The maximum absolute atomic E-state index is 15.1. The third kappa shape index (κ3) is 14.0. The highest BCUT2D eigenvalue weighted by Gasteiger charge is 2.46. The summed E-state index contributed by atoms with van der Waals surface area (Å²) in [5.41, 5.74) is 9.43. The first-order valence-electron chi connectivity index (χ1n) is 29.1. The Morgan fingerprint density at radius 3 is 2.13 bits per heavy atom. The van der Waals surface area contributed by atoms with E-state index in [1.807, 2.05) is 73.0 Å². The third-order valence-electron chi connectivity index (χ3n) is 15.8. The normalized spacial score (nSPS) is 16.7. The average Bonchev–Trinajstić information content (AvgIpc) is 2.34. The van der Waals surface area contributed by atoms with Crippen LogP contribution in [0.5, 0.6) is 11.5 Å². The second kappa shape index (κ2) is 27.3. The van der Waals surface area contributed by atoms with Gasteiger partial charge in [0.25, 0.3) is 0 Å². The minimum Gasteiger partial charge on any atom is -0.497 e. The van der Waals surface area contributed by atoms with Crippen LogP contribution in [0.15, 0.2) is 132 Å². The summed E-state index contributed by atoms with van der Waals surface area (Å²) in [4.78, 5) is 62.1. The molecule has 5 heterocycles. The van der Waals surface area contributed by atoms with Crippen molar-refractivity contribution in [2.45, 2.75) is 83.9 Å². The number of carbonyl (C=O) groups excluding carboxylic acids is 3. The quantitative estimate of drug-likeness (QED) is 0.0625. The number of ether oxygens (including phenoxy) is 2. The van der Waals surface area contributed by atoms with Gasteiger partial charge in [0.15, 0.2) is 5.65 Å². The number of methoxy groups -OCH3 is 1. The van der Waals surface area contributed by atoms with Crippen molar-refractivity contribution in [3.05, 3.63) is 165 Å². The molecule has 2 N–H and O–H groups in total. The van der Waals surface area contributed by atoms with Gasteiger partial charge in [0, 0.05) is 85.7 Å². The van der Waals surface area contributed by atoms with E-state index >= 15 is 4.79 Å². The number of aliphatic hydroxyl groups excluding tert-OH is 1. The number of rotatable bonds is 22. The first-order chi connectivity index (χ1) is 40.3. The van der Waals surface area contributed by atoms with Crippen molar-refractivity contribution in [3.8, 4) is 33.9 Å². The minimum absolute atomic E-state index is 0.0804. The lowest BCUT2D eigenvalue weighted by Gasteiger charge is -2.38. The zero-order chi connectivity index (χ0) is 58.0. The molecule has 18 heteroatoms. The number of aryl methyl sites for hydroxylation is 2. The number of aliphatic hydroxyl groups is 1. The van der Waals surface area contributed by atoms with E-state index in [0.717, 1.165) is 122 Å². The number of aromatic nitrogens is 3. The molecule has 0 spiro atoms. The van der Waals surface area contributed by atoms with Gasteiger partial charge in [0.1, 0.15) is 35.7 Å². The topological polar surface area (TPSA) is 161 Å². The van der Waals surface area contributed by atoms with E-state index in [-0.39, 0.29) is 50.7 Å². The predicted molar refractivity (Wildman–Crippen MR) is 328 cm³/mol. The Kier molecular flexibility index (Phi) is 19.3. The number of benzene rings is 5. The molecule has 3 aliphatic rings. The van der Waals surface area contributed by atoms with E-state index in [0.29, 0.717) is 46.0 Å². The van der Waals surface area contributed by atoms with Gasteiger partial charge in [-0.15, -0.1) is 0 Å². The van der Waals surface area contributed by atoms with Crippen molar-refractivity contribution in [2.75, 3.05) is 84.1 Å². The Morgan fingerprint density at radius 1 is 0.771 bits per heavy atom. The molecule has 0 radical (unpaired) electrons. The van der Waals surface area contributed by atoms with Crippen molar-refractivity contribution >= 4 is 58.3 Å². The van der Waals surface area contributed by atoms with Gasteiger partial charge in [-0.2, -0.15) is 9.61 Å². The molecule has 83 heavy (non-hydrogen) atoms. The van der Waals surface area contributed by atoms with E-state index in [1.54, 1.807) is 42.3 Å². The van der Waals surface area contributed by atoms with Crippen LogP contribution >= 0.6 is 23.2 Å². The molecule has 2 fully saturated rings. The van der Waals surface area contributed by atoms with Crippen LogP contribution in [0.25, 0.3) is 28.0 Å². The van der Waals surface area contributed by atoms with E-state index < -0.39 is 18.1 Å². The number of unbranched alkanes of at least 4 members (excludes halogenated alkanes) is 5. The molecule has 0 unspecified atom stereocenters. The molecule has 0 bridgehead atoms. The van der Waals surface area contributed by atoms with Gasteiger partial charge in [0.2, 0.25) is 11.8 Å². The Labute approximate surface area is 496 Å². The Hall–Kier alpha value is -7.50. The molecule has 5 aromatic carbocycles. The first kappa shape index (κ1) is 58.7. The van der Waals surface area contributed by atoms with E-state index in [9.17, 15) is 14.7 Å². The number of nitrogens with one attached hydrogen (secondary N) is 1. The number of anilines is 1. The largest absolute Gasteiger partial charge is 0.497 e. The number of aliphatic imine (C=N–C) groups is 1. The molecule has 3 aliphatic heterocycles. The number of carbonyl (C=O) groups is 3. The van der Waals surface area contributed by atoms with Crippen molar-refractivity contribution in [3.63, 3.8) is 0 Å². The lowest BCUT2D eigenvalue weighted by atomic mass is 9.93. The van der Waals surface area contributed by atoms with E-state index in [4.69, 9.17) is 47.8 Å². The number of amidine groups is 1. The van der Waals surface area contributed by atoms with Crippen LogP contribution in [0.4, 0.5) is 10.6 Å². The third-order valence-corrected chi connectivity index (χ3v) is 16.3. The summed E-state index contributed by atoms with van der Waals surface area (Å²) in [5.74, 6) is 1.96. The lowest BCUT2D eigenvalue weighted by Crippen LogP contribution is -2.57. The summed E-state index contributed by atoms with van der Waals surface area (Å²) >= 11 is 12.8. The van der Waals surface area contributed by atoms with Crippen molar-refractivity contribution < 1.29 is 29.0 Å². The zero-order valence-electron chi connectivity index (χ0n) is 47.9. The van der Waals surface area contributed by atoms with Gasteiger partial charge < -0.3 is 34.6 Å². The molecule has 10 rings (SSSR count). The Balaban J connectivity index is 0.696. The number of nitrogens with zero attached hydrogens (tertiary/aromatic N) is 9. The number of halogens is 2. The summed E-state index contributed by atoms with van der Waals surface area (Å²) in [6.07, 6.45) is 7.03. The highest BCUT2D eigenvalue weighted by Crippen LogP contribution is 2.46. The summed E-state index contributed by atoms with van der Waals surface area (Å²) < 4.78 is 13.9. The first-order valence-corrected chi connectivity index (χ1v) is 29.8. The maximum Gasteiger partial charge on any atom is 0.326 e. The van der Waals surface area contributed by atoms with Crippen LogP contribution < -0.4 is 19.7 Å². The van der Waals surface area contributed by atoms with Crippen molar-refractivity contribution in [1.29, 1.82) is 0 Å². The second-order valence-electron chi connectivity index (χ2n) is 21.9. The molecule has 2 aromatic heterocycles. The Morgan fingerprint density at radius 2 is 1.46 bits per heavy atom. The fourth-order valence-electron chi connectivity index (χ4n) is 11.4. The minimum atomic E-state index is -0.630. The molecule has 2 saturated heterocycles. The fraction of sp³-hybridized carbons (Fsp3) is 0.385. The number of hydrogen-bond donors (Lipinski definition) is 2. The van der Waals surface area contributed by atoms with E-state index in [1.165, 1.54) is 15.4 Å². The van der Waals surface area contributed by atoms with Crippen molar-refractivity contribution in [1.82, 2.24) is 39.5 Å². The Bertz CT molecular complexity index is 3390. The van der Waals surface area contributed by atoms with Crippen LogP contribution in [0.3, 0.4) is 0 Å². The van der Waals surface area contributed by atoms with Gasteiger partial charge in [0.05, 0.1) is 49.4 Å². The van der Waals surface area contributed by atoms with Gasteiger partial charge in [-0.05, 0) is 98.7 Å². The van der Waals surface area contributed by atoms with Gasteiger partial charge >= 0.3 is 6.03 Å². The van der Waals surface area contributed by atoms with E-state index in [2.05, 4.69) is 64.5 Å². The number of amides is 4. The van der Waals surface area contributed by atoms with Crippen LogP contribution in [0.2, 0.25) is 10.0 Å². The monoisotopic (exact) mass is 1160 g/mol.